The smallest absolute Gasteiger partial charge is 0.196 e. The van der Waals surface area contributed by atoms with Gasteiger partial charge in [0.1, 0.15) is 11.8 Å². The minimum Gasteiger partial charge on any atom is -0.292 e. The van der Waals surface area contributed by atoms with Gasteiger partial charge in [-0.25, -0.2) is 17.6 Å². The van der Waals surface area contributed by atoms with Crippen molar-refractivity contribution in [3.8, 4) is 12.1 Å². The van der Waals surface area contributed by atoms with Gasteiger partial charge in [0.15, 0.2) is 34.8 Å². The fourth-order valence-electron chi connectivity index (χ4n) is 3.21. The predicted molar refractivity (Wildman–Crippen MR) is 105 cm³/mol. The zero-order valence-corrected chi connectivity index (χ0v) is 16.2. The Balaban J connectivity index is 2.19. The van der Waals surface area contributed by atoms with E-state index in [1.54, 1.807) is 24.3 Å². The molecular weight excluding hydrogens is 424 g/mol. The average Bonchev–Trinajstić information content (AvgIpc) is 2.80. The monoisotopic (exact) mass is 436 g/mol. The molecule has 4 nitrogen and oxygen atoms in total. The summed E-state index contributed by atoms with van der Waals surface area (Å²) < 4.78 is 58.4. The van der Waals surface area contributed by atoms with E-state index in [2.05, 4.69) is 0 Å². The second-order valence-electron chi connectivity index (χ2n) is 6.68. The van der Waals surface area contributed by atoms with Gasteiger partial charge >= 0.3 is 0 Å². The molecule has 0 aliphatic heterocycles. The normalized spacial score (nSPS) is 12.3. The van der Waals surface area contributed by atoms with Crippen molar-refractivity contribution in [1.29, 1.82) is 10.5 Å². The highest BCUT2D eigenvalue weighted by Crippen LogP contribution is 2.32. The number of benzene rings is 3. The van der Waals surface area contributed by atoms with E-state index < -0.39 is 57.8 Å². The van der Waals surface area contributed by atoms with E-state index in [4.69, 9.17) is 0 Å². The Bertz CT molecular complexity index is 1180. The molecule has 0 N–H and O–H groups in total. The van der Waals surface area contributed by atoms with Gasteiger partial charge in [0.2, 0.25) is 0 Å². The van der Waals surface area contributed by atoms with Gasteiger partial charge in [0.25, 0.3) is 0 Å². The number of carbonyl (C=O) groups excluding carboxylic acids is 2. The van der Waals surface area contributed by atoms with Crippen LogP contribution in [0.1, 0.15) is 43.7 Å². The van der Waals surface area contributed by atoms with E-state index in [-0.39, 0.29) is 11.1 Å². The molecule has 8 heteroatoms. The number of hydrogen-bond donors (Lipinski definition) is 0. The van der Waals surface area contributed by atoms with Crippen molar-refractivity contribution in [3.63, 3.8) is 0 Å². The van der Waals surface area contributed by atoms with Gasteiger partial charge in [-0.05, 0) is 11.1 Å². The summed E-state index contributed by atoms with van der Waals surface area (Å²) in [7, 11) is 0. The van der Waals surface area contributed by atoms with Crippen molar-refractivity contribution in [3.05, 3.63) is 106 Å². The first-order chi connectivity index (χ1) is 15.3. The molecule has 0 aromatic heterocycles. The zero-order chi connectivity index (χ0) is 23.4. The number of ketones is 2. The Morgan fingerprint density at radius 2 is 0.938 bits per heavy atom. The number of hydrogen-bond acceptors (Lipinski definition) is 4. The van der Waals surface area contributed by atoms with E-state index in [1.807, 2.05) is 0 Å². The Kier molecular flexibility index (Phi) is 6.46. The van der Waals surface area contributed by atoms with Crippen LogP contribution in [0, 0.1) is 45.9 Å². The van der Waals surface area contributed by atoms with Crippen molar-refractivity contribution in [2.24, 2.45) is 0 Å². The number of halogens is 4. The molecule has 3 aromatic carbocycles. The van der Waals surface area contributed by atoms with Crippen LogP contribution in [-0.4, -0.2) is 11.6 Å². The second-order valence-corrected chi connectivity index (χ2v) is 6.68. The first kappa shape index (κ1) is 22.4. The van der Waals surface area contributed by atoms with Gasteiger partial charge in [-0.15, -0.1) is 0 Å². The molecule has 2 unspecified atom stereocenters. The van der Waals surface area contributed by atoms with Crippen LogP contribution in [0.4, 0.5) is 17.6 Å². The van der Waals surface area contributed by atoms with Crippen molar-refractivity contribution in [2.45, 2.75) is 11.8 Å². The van der Waals surface area contributed by atoms with Gasteiger partial charge in [-0.2, -0.15) is 10.5 Å². The molecule has 0 amide bonds. The summed E-state index contributed by atoms with van der Waals surface area (Å²) in [6.07, 6.45) is 0. The third kappa shape index (κ3) is 3.86. The molecule has 2 atom stereocenters. The molecule has 0 saturated carbocycles. The second kappa shape index (κ2) is 9.23. The predicted octanol–water partition coefficient (Wildman–Crippen LogP) is 5.22. The van der Waals surface area contributed by atoms with Crippen LogP contribution in [0.3, 0.4) is 0 Å². The lowest BCUT2D eigenvalue weighted by molar-refractivity contribution is 0.0963. The summed E-state index contributed by atoms with van der Waals surface area (Å²) in [6.45, 7) is 0. The van der Waals surface area contributed by atoms with Crippen LogP contribution in [0.2, 0.25) is 0 Å². The van der Waals surface area contributed by atoms with Crippen molar-refractivity contribution >= 4 is 11.6 Å². The van der Waals surface area contributed by atoms with Gasteiger partial charge in [-0.3, -0.25) is 9.59 Å². The number of nitrogens with zero attached hydrogens (tertiary/aromatic N) is 2. The van der Waals surface area contributed by atoms with Crippen LogP contribution in [0.25, 0.3) is 0 Å². The quantitative estimate of drug-likeness (QED) is 0.230. The molecule has 0 aliphatic rings. The standard InChI is InChI=1S/C24H12F4N2O2/c25-19-17(23(31)15(11-29)13-7-3-1-4-8-13)20(26)22(28)21(27)18(19)24(32)16(12-30)14-9-5-2-6-10-14/h1-10,15-16H. The summed E-state index contributed by atoms with van der Waals surface area (Å²) in [4.78, 5) is 25.6. The van der Waals surface area contributed by atoms with Crippen molar-refractivity contribution in [1.82, 2.24) is 0 Å². The number of carbonyl (C=O) groups is 2. The number of nitriles is 2. The Labute approximate surface area is 180 Å². The summed E-state index contributed by atoms with van der Waals surface area (Å²) in [5.74, 6) is -15.0. The molecule has 0 fully saturated rings. The summed E-state index contributed by atoms with van der Waals surface area (Å²) in [5.41, 5.74) is -2.99. The van der Waals surface area contributed by atoms with Gasteiger partial charge in [0, 0.05) is 0 Å². The summed E-state index contributed by atoms with van der Waals surface area (Å²) >= 11 is 0. The molecule has 32 heavy (non-hydrogen) atoms. The number of Topliss-reactive ketones (excluding diaryl/α,β-unsaturated/α-hetero) is 2. The first-order valence-electron chi connectivity index (χ1n) is 9.16. The third-order valence-corrected chi connectivity index (χ3v) is 4.80. The molecule has 3 aromatic rings. The minimum absolute atomic E-state index is 0.0654. The molecule has 0 bridgehead atoms. The van der Waals surface area contributed by atoms with Crippen LogP contribution in [0.5, 0.6) is 0 Å². The van der Waals surface area contributed by atoms with Crippen LogP contribution < -0.4 is 0 Å². The molecular formula is C24H12F4N2O2. The van der Waals surface area contributed by atoms with E-state index in [0.717, 1.165) is 0 Å². The Morgan fingerprint density at radius 3 is 1.25 bits per heavy atom. The molecule has 0 spiro atoms. The van der Waals surface area contributed by atoms with Crippen LogP contribution >= 0.6 is 0 Å². The van der Waals surface area contributed by atoms with E-state index in [0.29, 0.717) is 0 Å². The van der Waals surface area contributed by atoms with Crippen molar-refractivity contribution < 1.29 is 27.2 Å². The van der Waals surface area contributed by atoms with Gasteiger partial charge < -0.3 is 0 Å². The van der Waals surface area contributed by atoms with E-state index >= 15 is 4.39 Å². The van der Waals surface area contributed by atoms with E-state index in [1.165, 1.54) is 48.5 Å². The average molecular weight is 436 g/mol. The molecule has 3 rings (SSSR count). The summed E-state index contributed by atoms with van der Waals surface area (Å²) in [5, 5.41) is 18.8. The summed E-state index contributed by atoms with van der Waals surface area (Å²) in [6, 6.07) is 17.5. The topological polar surface area (TPSA) is 81.7 Å². The van der Waals surface area contributed by atoms with Gasteiger partial charge in [-0.1, -0.05) is 60.7 Å². The maximum absolute atomic E-state index is 15.2. The lowest BCUT2D eigenvalue weighted by Crippen LogP contribution is -2.23. The Morgan fingerprint density at radius 1 is 0.594 bits per heavy atom. The fraction of sp³-hybridized carbons (Fsp3) is 0.0833. The highest BCUT2D eigenvalue weighted by Gasteiger charge is 2.37. The third-order valence-electron chi connectivity index (χ3n) is 4.80. The molecule has 0 heterocycles. The first-order valence-corrected chi connectivity index (χ1v) is 9.16. The fourth-order valence-corrected chi connectivity index (χ4v) is 3.21. The largest absolute Gasteiger partial charge is 0.292 e. The Hall–Kier alpha value is -4.30. The maximum Gasteiger partial charge on any atom is 0.196 e. The zero-order valence-electron chi connectivity index (χ0n) is 16.2. The van der Waals surface area contributed by atoms with Crippen LogP contribution in [0.15, 0.2) is 60.7 Å². The highest BCUT2D eigenvalue weighted by atomic mass is 19.2. The van der Waals surface area contributed by atoms with Crippen molar-refractivity contribution in [2.75, 3.05) is 0 Å². The molecule has 0 saturated heterocycles. The van der Waals surface area contributed by atoms with Gasteiger partial charge in [0.05, 0.1) is 23.3 Å². The highest BCUT2D eigenvalue weighted by molar-refractivity contribution is 6.08. The van der Waals surface area contributed by atoms with Crippen LogP contribution in [-0.2, 0) is 0 Å². The number of rotatable bonds is 6. The molecule has 0 aliphatic carbocycles. The minimum atomic E-state index is -2.26. The maximum atomic E-state index is 15.2. The molecule has 158 valence electrons. The molecule has 0 radical (unpaired) electrons. The van der Waals surface area contributed by atoms with E-state index in [9.17, 15) is 33.3 Å². The SMILES string of the molecule is N#CC(C(=O)c1c(F)c(F)c(F)c(C(=O)C(C#N)c2ccccc2)c1F)c1ccccc1. The lowest BCUT2D eigenvalue weighted by atomic mass is 9.87. The lowest BCUT2D eigenvalue weighted by Gasteiger charge is -2.15.